The molecule has 3 aromatic rings. The molecule has 1 aromatic heterocycles. The summed E-state index contributed by atoms with van der Waals surface area (Å²) in [5.41, 5.74) is 8.74. The monoisotopic (exact) mass is 468 g/mol. The molecule has 3 N–H and O–H groups in total. The first-order valence-electron chi connectivity index (χ1n) is 11.4. The van der Waals surface area contributed by atoms with E-state index in [0.29, 0.717) is 42.3 Å². The van der Waals surface area contributed by atoms with Crippen molar-refractivity contribution in [3.63, 3.8) is 0 Å². The first kappa shape index (κ1) is 25.0. The second-order valence-electron chi connectivity index (χ2n) is 8.38. The highest BCUT2D eigenvalue weighted by atomic mass is 35.5. The highest BCUT2D eigenvalue weighted by Crippen LogP contribution is 2.33. The Hall–Kier alpha value is -2.67. The van der Waals surface area contributed by atoms with Gasteiger partial charge >= 0.3 is 0 Å². The minimum atomic E-state index is -0.491. The average molecular weight is 469 g/mol. The maximum absolute atomic E-state index is 12.6. The quantitative estimate of drug-likeness (QED) is 0.394. The fourth-order valence-electron chi connectivity index (χ4n) is 4.05. The first-order chi connectivity index (χ1) is 15.8. The Morgan fingerprint density at radius 1 is 1.15 bits per heavy atom. The van der Waals surface area contributed by atoms with Gasteiger partial charge in [0.25, 0.3) is 0 Å². The Morgan fingerprint density at radius 3 is 2.52 bits per heavy atom. The van der Waals surface area contributed by atoms with Crippen molar-refractivity contribution >= 4 is 39.7 Å². The number of aromatic nitrogens is 1. The number of hydrogen-bond donors (Lipinski definition) is 2. The molecule has 0 saturated carbocycles. The molecule has 0 bridgehead atoms. The zero-order valence-electron chi connectivity index (χ0n) is 19.6. The van der Waals surface area contributed by atoms with Crippen molar-refractivity contribution in [2.24, 2.45) is 0 Å². The van der Waals surface area contributed by atoms with Gasteiger partial charge in [-0.3, -0.25) is 4.79 Å². The Balaban J connectivity index is 1.64. The number of anilines is 2. The molecule has 0 aliphatic carbocycles. The van der Waals surface area contributed by atoms with E-state index in [1.165, 1.54) is 0 Å². The second kappa shape index (κ2) is 11.5. The van der Waals surface area contributed by atoms with Gasteiger partial charge in [-0.2, -0.15) is 0 Å². The summed E-state index contributed by atoms with van der Waals surface area (Å²) < 4.78 is 0. The number of benzene rings is 2. The van der Waals surface area contributed by atoms with E-state index >= 15 is 0 Å². The normalized spacial score (nSPS) is 12.3. The predicted molar refractivity (Wildman–Crippen MR) is 137 cm³/mol. The Bertz CT molecular complexity index is 1080. The van der Waals surface area contributed by atoms with Crippen LogP contribution in [0.15, 0.2) is 48.7 Å². The van der Waals surface area contributed by atoms with Gasteiger partial charge in [0.15, 0.2) is 5.78 Å². The van der Waals surface area contributed by atoms with Crippen LogP contribution in [0.1, 0.15) is 42.6 Å². The van der Waals surface area contributed by atoms with Crippen LogP contribution in [0.2, 0.25) is 5.02 Å². The SMILES string of the molecule is CCN(CC)CC(O)CCC(=O)c1ccc(CN(C)c2c(N)ncc3ccc(Cl)cc23)cc1. The van der Waals surface area contributed by atoms with Crippen LogP contribution in [-0.4, -0.2) is 53.6 Å². The molecule has 0 spiro atoms. The minimum Gasteiger partial charge on any atom is -0.392 e. The number of hydrogen-bond acceptors (Lipinski definition) is 6. The summed E-state index contributed by atoms with van der Waals surface area (Å²) in [6.07, 6.45) is 2.06. The largest absolute Gasteiger partial charge is 0.392 e. The van der Waals surface area contributed by atoms with E-state index in [4.69, 9.17) is 17.3 Å². The Labute approximate surface area is 201 Å². The number of carbonyl (C=O) groups excluding carboxylic acids is 1. The van der Waals surface area contributed by atoms with Crippen LogP contribution in [0.5, 0.6) is 0 Å². The molecule has 0 aliphatic rings. The van der Waals surface area contributed by atoms with Gasteiger partial charge in [-0.05, 0) is 37.2 Å². The van der Waals surface area contributed by atoms with E-state index in [0.717, 1.165) is 35.1 Å². The zero-order valence-corrected chi connectivity index (χ0v) is 20.3. The molecule has 6 nitrogen and oxygen atoms in total. The van der Waals surface area contributed by atoms with Crippen LogP contribution in [0.3, 0.4) is 0 Å². The fourth-order valence-corrected chi connectivity index (χ4v) is 4.22. The number of likely N-dealkylation sites (N-methyl/N-ethyl adjacent to an activating group) is 1. The van der Waals surface area contributed by atoms with Crippen molar-refractivity contribution in [3.05, 3.63) is 64.8 Å². The smallest absolute Gasteiger partial charge is 0.162 e. The number of nitrogens with two attached hydrogens (primary N) is 1. The number of nitrogen functional groups attached to an aromatic ring is 1. The molecule has 0 radical (unpaired) electrons. The molecule has 3 rings (SSSR count). The van der Waals surface area contributed by atoms with Crippen molar-refractivity contribution in [1.82, 2.24) is 9.88 Å². The number of pyridine rings is 1. The Morgan fingerprint density at radius 2 is 1.85 bits per heavy atom. The summed E-state index contributed by atoms with van der Waals surface area (Å²) in [5, 5.41) is 12.8. The molecule has 0 saturated heterocycles. The lowest BCUT2D eigenvalue weighted by atomic mass is 10.0. The second-order valence-corrected chi connectivity index (χ2v) is 8.81. The lowest BCUT2D eigenvalue weighted by molar-refractivity contribution is 0.0877. The van der Waals surface area contributed by atoms with Gasteiger partial charge in [-0.1, -0.05) is 55.8 Å². The van der Waals surface area contributed by atoms with Gasteiger partial charge in [0.1, 0.15) is 5.82 Å². The highest BCUT2D eigenvalue weighted by Gasteiger charge is 2.15. The van der Waals surface area contributed by atoms with Gasteiger partial charge in [0.05, 0.1) is 11.8 Å². The van der Waals surface area contributed by atoms with Crippen molar-refractivity contribution in [2.45, 2.75) is 39.3 Å². The third kappa shape index (κ3) is 6.44. The molecule has 0 aliphatic heterocycles. The van der Waals surface area contributed by atoms with Gasteiger partial charge < -0.3 is 20.6 Å². The van der Waals surface area contributed by atoms with E-state index in [1.54, 1.807) is 6.20 Å². The van der Waals surface area contributed by atoms with E-state index in [1.807, 2.05) is 54.4 Å². The molecule has 176 valence electrons. The van der Waals surface area contributed by atoms with Crippen molar-refractivity contribution in [3.8, 4) is 0 Å². The highest BCUT2D eigenvalue weighted by molar-refractivity contribution is 6.31. The number of aliphatic hydroxyl groups is 1. The van der Waals surface area contributed by atoms with Crippen LogP contribution in [-0.2, 0) is 6.54 Å². The van der Waals surface area contributed by atoms with Crippen molar-refractivity contribution < 1.29 is 9.90 Å². The molecule has 33 heavy (non-hydrogen) atoms. The molecule has 0 amide bonds. The lowest BCUT2D eigenvalue weighted by Gasteiger charge is -2.23. The van der Waals surface area contributed by atoms with Crippen molar-refractivity contribution in [1.29, 1.82) is 0 Å². The molecule has 1 unspecified atom stereocenters. The molecule has 1 heterocycles. The third-order valence-corrected chi connectivity index (χ3v) is 6.24. The molecule has 7 heteroatoms. The summed E-state index contributed by atoms with van der Waals surface area (Å²) in [6, 6.07) is 13.3. The molecule has 1 atom stereocenters. The zero-order chi connectivity index (χ0) is 24.0. The van der Waals surface area contributed by atoms with E-state index < -0.39 is 6.10 Å². The summed E-state index contributed by atoms with van der Waals surface area (Å²) in [4.78, 5) is 21.1. The van der Waals surface area contributed by atoms with E-state index in [9.17, 15) is 9.90 Å². The maximum atomic E-state index is 12.6. The summed E-state index contributed by atoms with van der Waals surface area (Å²) in [6.45, 7) is 7.13. The third-order valence-electron chi connectivity index (χ3n) is 6.00. The van der Waals surface area contributed by atoms with Crippen LogP contribution in [0, 0.1) is 0 Å². The fraction of sp³-hybridized carbons (Fsp3) is 0.385. The first-order valence-corrected chi connectivity index (χ1v) is 11.8. The van der Waals surface area contributed by atoms with Gasteiger partial charge in [-0.15, -0.1) is 0 Å². The summed E-state index contributed by atoms with van der Waals surface area (Å²) in [7, 11) is 1.96. The van der Waals surface area contributed by atoms with E-state index in [-0.39, 0.29) is 5.78 Å². The molecule has 2 aromatic carbocycles. The minimum absolute atomic E-state index is 0.0469. The van der Waals surface area contributed by atoms with Crippen LogP contribution < -0.4 is 10.6 Å². The summed E-state index contributed by atoms with van der Waals surface area (Å²) in [5.74, 6) is 0.493. The van der Waals surface area contributed by atoms with Crippen molar-refractivity contribution in [2.75, 3.05) is 37.3 Å². The molecular formula is C26H33ClN4O2. The van der Waals surface area contributed by atoms with Crippen LogP contribution in [0.4, 0.5) is 11.5 Å². The van der Waals surface area contributed by atoms with Crippen LogP contribution in [0.25, 0.3) is 10.8 Å². The molecule has 0 fully saturated rings. The van der Waals surface area contributed by atoms with Gasteiger partial charge in [0.2, 0.25) is 0 Å². The Kier molecular flexibility index (Phi) is 8.67. The number of rotatable bonds is 11. The number of Topliss-reactive ketones (excluding diaryl/α,β-unsaturated/α-hetero) is 1. The van der Waals surface area contributed by atoms with Gasteiger partial charge in [-0.25, -0.2) is 4.98 Å². The standard InChI is InChI=1S/C26H33ClN4O2/c1-4-31(5-2)17-22(32)12-13-24(33)19-8-6-18(7-9-19)16-30(3)25-23-14-21(27)11-10-20(23)15-29-26(25)28/h6-11,14-15,22,32H,4-5,12-13,16-17H2,1-3H3,(H2,28,29). The van der Waals surface area contributed by atoms with E-state index in [2.05, 4.69) is 23.7 Å². The number of nitrogens with zero attached hydrogens (tertiary/aromatic N) is 3. The number of fused-ring (bicyclic) bond motifs is 1. The predicted octanol–water partition coefficient (Wildman–Crippen LogP) is 4.77. The maximum Gasteiger partial charge on any atom is 0.162 e. The molecular weight excluding hydrogens is 436 g/mol. The number of aliphatic hydroxyl groups excluding tert-OH is 1. The average Bonchev–Trinajstić information content (AvgIpc) is 2.81. The van der Waals surface area contributed by atoms with Crippen LogP contribution >= 0.6 is 11.6 Å². The topological polar surface area (TPSA) is 82.7 Å². The number of halogens is 1. The van der Waals surface area contributed by atoms with Gasteiger partial charge in [0, 0.05) is 54.1 Å². The number of ketones is 1. The summed E-state index contributed by atoms with van der Waals surface area (Å²) >= 11 is 6.21. The number of carbonyl (C=O) groups is 1. The lowest BCUT2D eigenvalue weighted by Crippen LogP contribution is -2.32.